The van der Waals surface area contributed by atoms with Crippen LogP contribution in [0, 0.1) is 11.8 Å². The summed E-state index contributed by atoms with van der Waals surface area (Å²) in [7, 11) is 0. The molecule has 0 saturated carbocycles. The Bertz CT molecular complexity index is 395. The van der Waals surface area contributed by atoms with E-state index in [2.05, 4.69) is 50.5 Å². The van der Waals surface area contributed by atoms with E-state index in [1.807, 2.05) is 18.2 Å². The Morgan fingerprint density at radius 2 is 1.76 bits per heavy atom. The van der Waals surface area contributed by atoms with Gasteiger partial charge in [-0.25, -0.2) is 0 Å². The summed E-state index contributed by atoms with van der Waals surface area (Å²) >= 11 is 0. The second-order valence-electron chi connectivity index (χ2n) is 5.74. The van der Waals surface area contributed by atoms with E-state index in [4.69, 9.17) is 0 Å². The van der Waals surface area contributed by atoms with Gasteiger partial charge in [0.05, 0.1) is 0 Å². The highest BCUT2D eigenvalue weighted by Gasteiger charge is 2.22. The molecule has 0 heterocycles. The van der Waals surface area contributed by atoms with E-state index in [0.717, 1.165) is 13.0 Å². The second-order valence-corrected chi connectivity index (χ2v) is 5.74. The van der Waals surface area contributed by atoms with Gasteiger partial charge in [-0.3, -0.25) is 4.79 Å². The lowest BCUT2D eigenvalue weighted by Gasteiger charge is -2.22. The van der Waals surface area contributed by atoms with Crippen molar-refractivity contribution in [3.8, 4) is 0 Å². The highest BCUT2D eigenvalue weighted by Crippen LogP contribution is 2.17. The molecule has 0 spiro atoms. The Morgan fingerprint density at radius 3 is 2.29 bits per heavy atom. The molecule has 0 radical (unpaired) electrons. The molecule has 0 aliphatic heterocycles. The van der Waals surface area contributed by atoms with Gasteiger partial charge in [0.2, 0.25) is 5.91 Å². The SMILES string of the molecule is CCN[C@H](C)CNC(=O)C(Cc1ccccc1)C(C)C.Cl. The van der Waals surface area contributed by atoms with Gasteiger partial charge in [-0.2, -0.15) is 0 Å². The molecule has 0 aliphatic rings. The fourth-order valence-electron chi connectivity index (χ4n) is 2.30. The first kappa shape index (κ1) is 19.9. The van der Waals surface area contributed by atoms with Crippen LogP contribution in [0.2, 0.25) is 0 Å². The average molecular weight is 313 g/mol. The summed E-state index contributed by atoms with van der Waals surface area (Å²) in [6.07, 6.45) is 0.805. The van der Waals surface area contributed by atoms with Crippen LogP contribution in [0.3, 0.4) is 0 Å². The molecular weight excluding hydrogens is 284 g/mol. The maximum atomic E-state index is 12.4. The third kappa shape index (κ3) is 7.49. The van der Waals surface area contributed by atoms with E-state index in [0.29, 0.717) is 18.5 Å². The van der Waals surface area contributed by atoms with Crippen molar-refractivity contribution in [3.63, 3.8) is 0 Å². The van der Waals surface area contributed by atoms with Gasteiger partial charge in [0.25, 0.3) is 0 Å². The zero-order valence-electron chi connectivity index (χ0n) is 13.6. The summed E-state index contributed by atoms with van der Waals surface area (Å²) in [6, 6.07) is 10.5. The fraction of sp³-hybridized carbons (Fsp3) is 0.588. The van der Waals surface area contributed by atoms with Crippen LogP contribution in [0.25, 0.3) is 0 Å². The monoisotopic (exact) mass is 312 g/mol. The molecule has 4 heteroatoms. The van der Waals surface area contributed by atoms with Gasteiger partial charge in [0.1, 0.15) is 0 Å². The quantitative estimate of drug-likeness (QED) is 0.774. The lowest BCUT2D eigenvalue weighted by Crippen LogP contribution is -2.42. The molecule has 1 amide bonds. The normalized spacial score (nSPS) is 13.4. The molecular formula is C17H29ClN2O. The Kier molecular flexibility index (Phi) is 10.1. The Morgan fingerprint density at radius 1 is 1.14 bits per heavy atom. The first-order chi connectivity index (χ1) is 9.54. The van der Waals surface area contributed by atoms with Crippen LogP contribution in [0.5, 0.6) is 0 Å². The van der Waals surface area contributed by atoms with Crippen LogP contribution < -0.4 is 10.6 Å². The Labute approximate surface area is 135 Å². The molecule has 0 bridgehead atoms. The van der Waals surface area contributed by atoms with E-state index in [-0.39, 0.29) is 24.2 Å². The molecule has 120 valence electrons. The molecule has 1 aromatic rings. The van der Waals surface area contributed by atoms with Gasteiger partial charge < -0.3 is 10.6 Å². The van der Waals surface area contributed by atoms with E-state index in [1.54, 1.807) is 0 Å². The summed E-state index contributed by atoms with van der Waals surface area (Å²) in [5.74, 6) is 0.532. The summed E-state index contributed by atoms with van der Waals surface area (Å²) in [5.41, 5.74) is 1.22. The maximum Gasteiger partial charge on any atom is 0.223 e. The van der Waals surface area contributed by atoms with Crippen molar-refractivity contribution in [1.29, 1.82) is 0 Å². The van der Waals surface area contributed by atoms with Crippen molar-refractivity contribution < 1.29 is 4.79 Å². The van der Waals surface area contributed by atoms with Gasteiger partial charge in [-0.1, -0.05) is 51.1 Å². The average Bonchev–Trinajstić information content (AvgIpc) is 2.43. The van der Waals surface area contributed by atoms with Gasteiger partial charge in [0.15, 0.2) is 0 Å². The number of hydrogen-bond acceptors (Lipinski definition) is 2. The fourth-order valence-corrected chi connectivity index (χ4v) is 2.30. The van der Waals surface area contributed by atoms with Crippen molar-refractivity contribution in [2.24, 2.45) is 11.8 Å². The van der Waals surface area contributed by atoms with Gasteiger partial charge in [0, 0.05) is 18.5 Å². The minimum absolute atomic E-state index is 0. The van der Waals surface area contributed by atoms with Crippen LogP contribution >= 0.6 is 12.4 Å². The molecule has 1 rings (SSSR count). The number of carbonyl (C=O) groups is 1. The number of amides is 1. The zero-order chi connectivity index (χ0) is 15.0. The minimum Gasteiger partial charge on any atom is -0.354 e. The largest absolute Gasteiger partial charge is 0.354 e. The minimum atomic E-state index is 0. The van der Waals surface area contributed by atoms with Crippen LogP contribution in [-0.4, -0.2) is 25.0 Å². The third-order valence-electron chi connectivity index (χ3n) is 3.58. The number of halogens is 1. The molecule has 0 fully saturated rings. The molecule has 1 aromatic carbocycles. The Hall–Kier alpha value is -1.06. The van der Waals surface area contributed by atoms with E-state index >= 15 is 0 Å². The van der Waals surface area contributed by atoms with E-state index in [9.17, 15) is 4.79 Å². The standard InChI is InChI=1S/C17H28N2O.ClH/c1-5-18-14(4)12-19-17(20)16(13(2)3)11-15-9-7-6-8-10-15;/h6-10,13-14,16,18H,5,11-12H2,1-4H3,(H,19,20);1H/t14-,16?;/m1./s1. The van der Waals surface area contributed by atoms with Crippen LogP contribution in [0.4, 0.5) is 0 Å². The molecule has 2 N–H and O–H groups in total. The van der Waals surface area contributed by atoms with E-state index in [1.165, 1.54) is 5.56 Å². The van der Waals surface area contributed by atoms with Crippen molar-refractivity contribution in [3.05, 3.63) is 35.9 Å². The molecule has 0 aromatic heterocycles. The Balaban J connectivity index is 0.00000400. The number of carbonyl (C=O) groups excluding carboxylic acids is 1. The smallest absolute Gasteiger partial charge is 0.223 e. The van der Waals surface area contributed by atoms with Crippen molar-refractivity contribution in [1.82, 2.24) is 10.6 Å². The van der Waals surface area contributed by atoms with Crippen LogP contribution in [0.1, 0.15) is 33.3 Å². The van der Waals surface area contributed by atoms with Crippen molar-refractivity contribution >= 4 is 18.3 Å². The predicted molar refractivity (Wildman–Crippen MR) is 91.9 cm³/mol. The molecule has 0 aliphatic carbocycles. The molecule has 3 nitrogen and oxygen atoms in total. The topological polar surface area (TPSA) is 41.1 Å². The predicted octanol–water partition coefficient (Wildman–Crippen LogP) is 3.04. The molecule has 0 saturated heterocycles. The van der Waals surface area contributed by atoms with Gasteiger partial charge >= 0.3 is 0 Å². The van der Waals surface area contributed by atoms with Crippen molar-refractivity contribution in [2.75, 3.05) is 13.1 Å². The zero-order valence-corrected chi connectivity index (χ0v) is 14.4. The first-order valence-corrected chi connectivity index (χ1v) is 7.59. The number of rotatable bonds is 8. The summed E-state index contributed by atoms with van der Waals surface area (Å²) < 4.78 is 0. The van der Waals surface area contributed by atoms with Crippen LogP contribution in [0.15, 0.2) is 30.3 Å². The number of likely N-dealkylation sites (N-methyl/N-ethyl adjacent to an activating group) is 1. The molecule has 1 unspecified atom stereocenters. The maximum absolute atomic E-state index is 12.4. The molecule has 21 heavy (non-hydrogen) atoms. The summed E-state index contributed by atoms with van der Waals surface area (Å²) in [6.45, 7) is 10.00. The van der Waals surface area contributed by atoms with Crippen molar-refractivity contribution in [2.45, 2.75) is 40.2 Å². The van der Waals surface area contributed by atoms with Gasteiger partial charge in [-0.05, 0) is 31.4 Å². The summed E-state index contributed by atoms with van der Waals surface area (Å²) in [4.78, 5) is 12.4. The number of hydrogen-bond donors (Lipinski definition) is 2. The summed E-state index contributed by atoms with van der Waals surface area (Å²) in [5, 5.41) is 6.37. The lowest BCUT2D eigenvalue weighted by atomic mass is 9.88. The van der Waals surface area contributed by atoms with E-state index < -0.39 is 0 Å². The third-order valence-corrected chi connectivity index (χ3v) is 3.58. The van der Waals surface area contributed by atoms with Crippen LogP contribution in [-0.2, 0) is 11.2 Å². The molecule has 2 atom stereocenters. The first-order valence-electron chi connectivity index (χ1n) is 7.59. The number of nitrogens with one attached hydrogen (secondary N) is 2. The highest BCUT2D eigenvalue weighted by molar-refractivity contribution is 5.85. The second kappa shape index (κ2) is 10.6. The highest BCUT2D eigenvalue weighted by atomic mass is 35.5. The number of benzene rings is 1. The van der Waals surface area contributed by atoms with Gasteiger partial charge in [-0.15, -0.1) is 12.4 Å². The lowest BCUT2D eigenvalue weighted by molar-refractivity contribution is -0.126.